The van der Waals surface area contributed by atoms with Crippen molar-refractivity contribution in [3.63, 3.8) is 0 Å². The van der Waals surface area contributed by atoms with Gasteiger partial charge in [-0.2, -0.15) is 0 Å². The minimum atomic E-state index is -0.290. The minimum Gasteiger partial charge on any atom is -0.494 e. The summed E-state index contributed by atoms with van der Waals surface area (Å²) in [4.78, 5) is 25.7. The average molecular weight is 391 g/mol. The van der Waals surface area contributed by atoms with Gasteiger partial charge in [0.1, 0.15) is 11.5 Å². The molecule has 0 aliphatic heterocycles. The molecular weight excluding hydrogens is 364 g/mol. The van der Waals surface area contributed by atoms with Crippen molar-refractivity contribution in [2.45, 2.75) is 40.0 Å². The molecular formula is C20H26N2O4S. The smallest absolute Gasteiger partial charge is 0.279 e. The number of hydrazine groups is 1. The van der Waals surface area contributed by atoms with Crippen molar-refractivity contribution in [3.8, 4) is 11.5 Å². The predicted molar refractivity (Wildman–Crippen MR) is 106 cm³/mol. The summed E-state index contributed by atoms with van der Waals surface area (Å²) in [6.45, 7) is 7.01. The second kappa shape index (κ2) is 10.6. The van der Waals surface area contributed by atoms with Crippen LogP contribution >= 0.6 is 11.3 Å². The Morgan fingerprint density at radius 3 is 2.30 bits per heavy atom. The lowest BCUT2D eigenvalue weighted by molar-refractivity contribution is -0.122. The van der Waals surface area contributed by atoms with E-state index in [1.165, 1.54) is 16.2 Å². The Hall–Kier alpha value is -2.54. The molecule has 0 aliphatic carbocycles. The molecule has 2 N–H and O–H groups in total. The fourth-order valence-corrected chi connectivity index (χ4v) is 3.46. The molecule has 1 aromatic carbocycles. The Bertz CT molecular complexity index is 756. The number of nitrogens with one attached hydrogen (secondary N) is 2. The summed E-state index contributed by atoms with van der Waals surface area (Å²) in [7, 11) is 0. The number of aryl methyl sites for hydroxylation is 2. The molecule has 2 rings (SSSR count). The van der Waals surface area contributed by atoms with Crippen molar-refractivity contribution in [2.75, 3.05) is 13.2 Å². The summed E-state index contributed by atoms with van der Waals surface area (Å²) < 4.78 is 11.0. The van der Waals surface area contributed by atoms with E-state index in [9.17, 15) is 9.59 Å². The van der Waals surface area contributed by atoms with E-state index in [0.717, 1.165) is 23.5 Å². The predicted octanol–water partition coefficient (Wildman–Crippen LogP) is 3.64. The standard InChI is InChI=1S/C20H26N2O4S/c1-4-17-14(3)13-18(27-17)20(24)22-21-19(23)7-6-12-26-16-10-8-15(9-11-16)25-5-2/h8-11,13H,4-7,12H2,1-3H3,(H,21,23)(H,22,24). The lowest BCUT2D eigenvalue weighted by atomic mass is 10.2. The van der Waals surface area contributed by atoms with Crippen molar-refractivity contribution in [1.82, 2.24) is 10.9 Å². The summed E-state index contributed by atoms with van der Waals surface area (Å²) >= 11 is 1.45. The lowest BCUT2D eigenvalue weighted by Gasteiger charge is -2.08. The number of carbonyl (C=O) groups is 2. The number of hydrogen-bond donors (Lipinski definition) is 2. The Morgan fingerprint density at radius 1 is 1.04 bits per heavy atom. The van der Waals surface area contributed by atoms with Gasteiger partial charge in [0.05, 0.1) is 18.1 Å². The maximum Gasteiger partial charge on any atom is 0.279 e. The molecule has 0 radical (unpaired) electrons. The molecule has 2 aromatic rings. The summed E-state index contributed by atoms with van der Waals surface area (Å²) in [5.41, 5.74) is 6.00. The van der Waals surface area contributed by atoms with E-state index in [-0.39, 0.29) is 18.2 Å². The van der Waals surface area contributed by atoms with Gasteiger partial charge in [-0.25, -0.2) is 0 Å². The van der Waals surface area contributed by atoms with Crippen LogP contribution in [-0.2, 0) is 11.2 Å². The number of benzene rings is 1. The van der Waals surface area contributed by atoms with Gasteiger partial charge < -0.3 is 9.47 Å². The van der Waals surface area contributed by atoms with E-state index in [0.29, 0.717) is 24.5 Å². The van der Waals surface area contributed by atoms with Crippen LogP contribution in [0.4, 0.5) is 0 Å². The normalized spacial score (nSPS) is 10.3. The second-order valence-corrected chi connectivity index (χ2v) is 7.07. The first-order valence-electron chi connectivity index (χ1n) is 9.07. The van der Waals surface area contributed by atoms with Crippen LogP contribution in [0.25, 0.3) is 0 Å². The molecule has 27 heavy (non-hydrogen) atoms. The first-order valence-corrected chi connectivity index (χ1v) is 9.89. The van der Waals surface area contributed by atoms with Crippen molar-refractivity contribution < 1.29 is 19.1 Å². The number of ether oxygens (including phenoxy) is 2. The first-order chi connectivity index (χ1) is 13.0. The molecule has 0 spiro atoms. The van der Waals surface area contributed by atoms with Crippen LogP contribution in [-0.4, -0.2) is 25.0 Å². The molecule has 7 heteroatoms. The highest BCUT2D eigenvalue weighted by Gasteiger charge is 2.12. The summed E-state index contributed by atoms with van der Waals surface area (Å²) in [5.74, 6) is 0.989. The third-order valence-electron chi connectivity index (χ3n) is 3.83. The summed E-state index contributed by atoms with van der Waals surface area (Å²) in [6, 6.07) is 9.20. The first kappa shape index (κ1) is 20.8. The Morgan fingerprint density at radius 2 is 1.70 bits per heavy atom. The van der Waals surface area contributed by atoms with Gasteiger partial charge in [-0.3, -0.25) is 20.4 Å². The summed E-state index contributed by atoms with van der Waals surface area (Å²) in [5, 5.41) is 0. The van der Waals surface area contributed by atoms with Gasteiger partial charge in [-0.1, -0.05) is 6.92 Å². The zero-order chi connectivity index (χ0) is 19.6. The maximum absolute atomic E-state index is 12.1. The Labute approximate surface area is 163 Å². The fraction of sp³-hybridized carbons (Fsp3) is 0.400. The molecule has 0 bridgehead atoms. The highest BCUT2D eigenvalue weighted by atomic mass is 32.1. The lowest BCUT2D eigenvalue weighted by Crippen LogP contribution is -2.41. The van der Waals surface area contributed by atoms with E-state index < -0.39 is 0 Å². The number of thiophene rings is 1. The summed E-state index contributed by atoms with van der Waals surface area (Å²) in [6.07, 6.45) is 1.71. The van der Waals surface area contributed by atoms with Gasteiger partial charge in [0.15, 0.2) is 0 Å². The molecule has 1 heterocycles. The molecule has 0 saturated carbocycles. The highest BCUT2D eigenvalue weighted by Crippen LogP contribution is 2.22. The van der Waals surface area contributed by atoms with Crippen LogP contribution in [0.3, 0.4) is 0 Å². The third-order valence-corrected chi connectivity index (χ3v) is 5.21. The maximum atomic E-state index is 12.1. The van der Waals surface area contributed by atoms with Crippen LogP contribution in [0.2, 0.25) is 0 Å². The molecule has 146 valence electrons. The van der Waals surface area contributed by atoms with Gasteiger partial charge in [0.2, 0.25) is 5.91 Å². The van der Waals surface area contributed by atoms with Crippen LogP contribution in [0.15, 0.2) is 30.3 Å². The van der Waals surface area contributed by atoms with Crippen molar-refractivity contribution in [1.29, 1.82) is 0 Å². The molecule has 0 unspecified atom stereocenters. The van der Waals surface area contributed by atoms with Crippen LogP contribution in [0.1, 0.15) is 46.8 Å². The van der Waals surface area contributed by atoms with Crippen LogP contribution < -0.4 is 20.3 Å². The monoisotopic (exact) mass is 390 g/mol. The number of amides is 2. The van der Waals surface area contributed by atoms with Crippen molar-refractivity contribution in [3.05, 3.63) is 45.6 Å². The van der Waals surface area contributed by atoms with Gasteiger partial charge in [-0.05, 0) is 62.6 Å². The highest BCUT2D eigenvalue weighted by molar-refractivity contribution is 7.14. The minimum absolute atomic E-state index is 0.248. The second-order valence-electron chi connectivity index (χ2n) is 5.93. The molecule has 1 aromatic heterocycles. The number of rotatable bonds is 9. The quantitative estimate of drug-likeness (QED) is 0.506. The number of hydrogen-bond acceptors (Lipinski definition) is 5. The van der Waals surface area contributed by atoms with E-state index in [1.807, 2.05) is 44.2 Å². The zero-order valence-corrected chi connectivity index (χ0v) is 16.8. The Balaban J connectivity index is 1.64. The molecule has 0 aliphatic rings. The van der Waals surface area contributed by atoms with E-state index in [1.54, 1.807) is 0 Å². The van der Waals surface area contributed by atoms with Crippen molar-refractivity contribution in [2.24, 2.45) is 0 Å². The van der Waals surface area contributed by atoms with Gasteiger partial charge in [0, 0.05) is 11.3 Å². The molecule has 0 saturated heterocycles. The average Bonchev–Trinajstić information content (AvgIpc) is 3.05. The van der Waals surface area contributed by atoms with Crippen LogP contribution in [0.5, 0.6) is 11.5 Å². The van der Waals surface area contributed by atoms with Gasteiger partial charge in [0.25, 0.3) is 5.91 Å². The van der Waals surface area contributed by atoms with Gasteiger partial charge in [-0.15, -0.1) is 11.3 Å². The molecule has 0 fully saturated rings. The number of carbonyl (C=O) groups excluding carboxylic acids is 2. The van der Waals surface area contributed by atoms with E-state index in [4.69, 9.17) is 9.47 Å². The molecule has 6 nitrogen and oxygen atoms in total. The largest absolute Gasteiger partial charge is 0.494 e. The fourth-order valence-electron chi connectivity index (χ4n) is 2.45. The van der Waals surface area contributed by atoms with Crippen LogP contribution in [0, 0.1) is 6.92 Å². The van der Waals surface area contributed by atoms with E-state index in [2.05, 4.69) is 17.8 Å². The van der Waals surface area contributed by atoms with Gasteiger partial charge >= 0.3 is 0 Å². The topological polar surface area (TPSA) is 76.7 Å². The third kappa shape index (κ3) is 6.60. The van der Waals surface area contributed by atoms with E-state index >= 15 is 0 Å². The van der Waals surface area contributed by atoms with Crippen molar-refractivity contribution >= 4 is 23.2 Å². The molecule has 0 atom stereocenters. The SMILES string of the molecule is CCOc1ccc(OCCCC(=O)NNC(=O)c2cc(C)c(CC)s2)cc1. The Kier molecular flexibility index (Phi) is 8.13. The molecule has 2 amide bonds. The zero-order valence-electron chi connectivity index (χ0n) is 16.0.